The van der Waals surface area contributed by atoms with Gasteiger partial charge in [0, 0.05) is 32.1 Å². The largest absolute Gasteiger partial charge is 0.369 e. The molecule has 23 heavy (non-hydrogen) atoms. The molecular formula is C17H33N5O. The molecule has 0 atom stereocenters. The van der Waals surface area contributed by atoms with Crippen LogP contribution >= 0.6 is 0 Å². The molecule has 0 bridgehead atoms. The predicted octanol–water partition coefficient (Wildman–Crippen LogP) is 1.03. The first-order valence-electron chi connectivity index (χ1n) is 9.25. The third-order valence-electron chi connectivity index (χ3n) is 4.87. The highest BCUT2D eigenvalue weighted by atomic mass is 16.1. The lowest BCUT2D eigenvalue weighted by Gasteiger charge is -2.30. The average Bonchev–Trinajstić information content (AvgIpc) is 3.08. The van der Waals surface area contributed by atoms with Crippen molar-refractivity contribution in [1.82, 2.24) is 15.1 Å². The van der Waals surface area contributed by atoms with Crippen molar-refractivity contribution in [3.05, 3.63) is 0 Å². The second kappa shape index (κ2) is 9.75. The number of nitrogens with two attached hydrogens (primary N) is 1. The zero-order valence-corrected chi connectivity index (χ0v) is 14.6. The Morgan fingerprint density at radius 3 is 2.48 bits per heavy atom. The molecule has 0 radical (unpaired) electrons. The van der Waals surface area contributed by atoms with Crippen LogP contribution in [0.2, 0.25) is 0 Å². The first-order valence-corrected chi connectivity index (χ1v) is 9.25. The summed E-state index contributed by atoms with van der Waals surface area (Å²) >= 11 is 0. The van der Waals surface area contributed by atoms with E-state index in [1.165, 1.54) is 19.3 Å². The SMILES string of the molecule is CCNC(=NCCCCN1CCC(C(N)=O)CC1)N1CCCC1. The molecule has 6 nitrogen and oxygen atoms in total. The van der Waals surface area contributed by atoms with E-state index in [2.05, 4.69) is 22.0 Å². The maximum Gasteiger partial charge on any atom is 0.220 e. The third kappa shape index (κ3) is 6.01. The number of amides is 1. The summed E-state index contributed by atoms with van der Waals surface area (Å²) in [6.07, 6.45) is 6.71. The fraction of sp³-hybridized carbons (Fsp3) is 0.882. The molecule has 0 saturated carbocycles. The van der Waals surface area contributed by atoms with Gasteiger partial charge in [-0.3, -0.25) is 9.79 Å². The van der Waals surface area contributed by atoms with Crippen LogP contribution in [0.5, 0.6) is 0 Å². The van der Waals surface area contributed by atoms with Crippen LogP contribution in [0.15, 0.2) is 4.99 Å². The van der Waals surface area contributed by atoms with Crippen molar-refractivity contribution in [2.45, 2.75) is 45.4 Å². The Labute approximate surface area is 140 Å². The van der Waals surface area contributed by atoms with Crippen molar-refractivity contribution in [2.24, 2.45) is 16.6 Å². The van der Waals surface area contributed by atoms with Gasteiger partial charge in [0.1, 0.15) is 0 Å². The molecule has 2 rings (SSSR count). The molecular weight excluding hydrogens is 290 g/mol. The lowest BCUT2D eigenvalue weighted by molar-refractivity contribution is -0.123. The van der Waals surface area contributed by atoms with E-state index < -0.39 is 0 Å². The average molecular weight is 323 g/mol. The van der Waals surface area contributed by atoms with Gasteiger partial charge in [0.05, 0.1) is 0 Å². The van der Waals surface area contributed by atoms with Crippen LogP contribution in [-0.2, 0) is 4.79 Å². The molecule has 3 N–H and O–H groups in total. The molecule has 1 amide bonds. The van der Waals surface area contributed by atoms with E-state index in [0.29, 0.717) is 0 Å². The molecule has 2 aliphatic heterocycles. The molecule has 0 unspecified atom stereocenters. The Balaban J connectivity index is 1.61. The van der Waals surface area contributed by atoms with Gasteiger partial charge in [-0.25, -0.2) is 0 Å². The maximum absolute atomic E-state index is 11.2. The number of nitrogens with zero attached hydrogens (tertiary/aromatic N) is 3. The van der Waals surface area contributed by atoms with Crippen LogP contribution in [0.3, 0.4) is 0 Å². The molecule has 0 aromatic rings. The molecule has 0 aromatic carbocycles. The Bertz CT molecular complexity index is 384. The molecule has 2 saturated heterocycles. The maximum atomic E-state index is 11.2. The van der Waals surface area contributed by atoms with E-state index in [9.17, 15) is 4.79 Å². The van der Waals surface area contributed by atoms with Gasteiger partial charge in [-0.2, -0.15) is 0 Å². The standard InChI is InChI=1S/C17H33N5O/c1-2-19-17(22-11-5-6-12-22)20-9-3-4-10-21-13-7-15(8-14-21)16(18)23/h15H,2-14H2,1H3,(H2,18,23)(H,19,20). The summed E-state index contributed by atoms with van der Waals surface area (Å²) in [6, 6.07) is 0. The third-order valence-corrected chi connectivity index (χ3v) is 4.87. The van der Waals surface area contributed by atoms with Gasteiger partial charge in [-0.15, -0.1) is 0 Å². The van der Waals surface area contributed by atoms with Crippen molar-refractivity contribution in [3.8, 4) is 0 Å². The fourth-order valence-electron chi connectivity index (χ4n) is 3.43. The molecule has 2 fully saturated rings. The molecule has 0 aromatic heterocycles. The number of aliphatic imine (C=N–C) groups is 1. The van der Waals surface area contributed by atoms with E-state index in [1.54, 1.807) is 0 Å². The second-order valence-corrected chi connectivity index (χ2v) is 6.66. The van der Waals surface area contributed by atoms with E-state index in [-0.39, 0.29) is 11.8 Å². The van der Waals surface area contributed by atoms with E-state index in [1.807, 2.05) is 0 Å². The number of guanidine groups is 1. The smallest absolute Gasteiger partial charge is 0.220 e. The quantitative estimate of drug-likeness (QED) is 0.417. The number of piperidine rings is 1. The fourth-order valence-corrected chi connectivity index (χ4v) is 3.43. The summed E-state index contributed by atoms with van der Waals surface area (Å²) in [5, 5.41) is 3.40. The number of rotatable bonds is 7. The molecule has 2 aliphatic rings. The van der Waals surface area contributed by atoms with Crippen LogP contribution in [0.4, 0.5) is 0 Å². The molecule has 0 spiro atoms. The number of unbranched alkanes of at least 4 members (excludes halogenated alkanes) is 1. The monoisotopic (exact) mass is 323 g/mol. The number of nitrogens with one attached hydrogen (secondary N) is 1. The minimum atomic E-state index is -0.128. The number of carbonyl (C=O) groups excluding carboxylic acids is 1. The van der Waals surface area contributed by atoms with Crippen LogP contribution in [0, 0.1) is 5.92 Å². The predicted molar refractivity (Wildman–Crippen MR) is 94.4 cm³/mol. The first kappa shape index (κ1) is 18.0. The highest BCUT2D eigenvalue weighted by Gasteiger charge is 2.22. The lowest BCUT2D eigenvalue weighted by atomic mass is 9.96. The van der Waals surface area contributed by atoms with Crippen molar-refractivity contribution in [2.75, 3.05) is 45.8 Å². The van der Waals surface area contributed by atoms with Gasteiger partial charge >= 0.3 is 0 Å². The minimum Gasteiger partial charge on any atom is -0.369 e. The number of hydrogen-bond acceptors (Lipinski definition) is 3. The van der Waals surface area contributed by atoms with E-state index in [0.717, 1.165) is 71.0 Å². The van der Waals surface area contributed by atoms with Crippen molar-refractivity contribution in [3.63, 3.8) is 0 Å². The highest BCUT2D eigenvalue weighted by Crippen LogP contribution is 2.16. The topological polar surface area (TPSA) is 74.0 Å². The van der Waals surface area contributed by atoms with Crippen molar-refractivity contribution < 1.29 is 4.79 Å². The molecule has 6 heteroatoms. The molecule has 0 aliphatic carbocycles. The van der Waals surface area contributed by atoms with Crippen LogP contribution in [-0.4, -0.2) is 67.5 Å². The summed E-state index contributed by atoms with van der Waals surface area (Å²) in [5.41, 5.74) is 5.37. The van der Waals surface area contributed by atoms with Crippen LogP contribution in [0.25, 0.3) is 0 Å². The van der Waals surface area contributed by atoms with E-state index in [4.69, 9.17) is 10.7 Å². The Morgan fingerprint density at radius 2 is 1.87 bits per heavy atom. The Morgan fingerprint density at radius 1 is 1.17 bits per heavy atom. The number of hydrogen-bond donors (Lipinski definition) is 2. The Kier molecular flexibility index (Phi) is 7.65. The van der Waals surface area contributed by atoms with Gasteiger partial charge in [0.25, 0.3) is 0 Å². The highest BCUT2D eigenvalue weighted by molar-refractivity contribution is 5.80. The number of carbonyl (C=O) groups is 1. The lowest BCUT2D eigenvalue weighted by Crippen LogP contribution is -2.39. The van der Waals surface area contributed by atoms with Gasteiger partial charge in [0.2, 0.25) is 5.91 Å². The minimum absolute atomic E-state index is 0.0963. The number of likely N-dealkylation sites (tertiary alicyclic amines) is 2. The summed E-state index contributed by atoms with van der Waals surface area (Å²) in [6.45, 7) is 9.37. The molecule has 2 heterocycles. The summed E-state index contributed by atoms with van der Waals surface area (Å²) in [5.74, 6) is 1.06. The van der Waals surface area contributed by atoms with Gasteiger partial charge in [0.15, 0.2) is 5.96 Å². The summed E-state index contributed by atoms with van der Waals surface area (Å²) in [4.78, 5) is 20.8. The van der Waals surface area contributed by atoms with Gasteiger partial charge in [-0.1, -0.05) is 0 Å². The summed E-state index contributed by atoms with van der Waals surface area (Å²) < 4.78 is 0. The Hall–Kier alpha value is -1.30. The normalized spacial score (nSPS) is 20.9. The van der Waals surface area contributed by atoms with Gasteiger partial charge < -0.3 is 20.9 Å². The van der Waals surface area contributed by atoms with E-state index >= 15 is 0 Å². The van der Waals surface area contributed by atoms with Crippen LogP contribution in [0.1, 0.15) is 45.4 Å². The summed E-state index contributed by atoms with van der Waals surface area (Å²) in [7, 11) is 0. The molecule has 132 valence electrons. The zero-order valence-electron chi connectivity index (χ0n) is 14.6. The number of primary amides is 1. The van der Waals surface area contributed by atoms with Crippen molar-refractivity contribution >= 4 is 11.9 Å². The van der Waals surface area contributed by atoms with Crippen LogP contribution < -0.4 is 11.1 Å². The van der Waals surface area contributed by atoms with Crippen molar-refractivity contribution in [1.29, 1.82) is 0 Å². The zero-order chi connectivity index (χ0) is 16.5. The second-order valence-electron chi connectivity index (χ2n) is 6.66. The van der Waals surface area contributed by atoms with Gasteiger partial charge in [-0.05, 0) is 65.1 Å². The first-order chi connectivity index (χ1) is 11.2.